The number of benzene rings is 3. The van der Waals surface area contributed by atoms with Crippen LogP contribution < -0.4 is 26.9 Å². The molecule has 3 atom stereocenters. The van der Waals surface area contributed by atoms with Gasteiger partial charge in [0.25, 0.3) is 0 Å². The Kier molecular flexibility index (Phi) is 8.04. The SMILES string of the molecule is COc1c(F)ccc2c1[C@H](C)C[C@](O)(C(F)(F)F)[C@H]2Nc1ccc(F)c2[nH]c(=O)ccc12.Nc1ccc(F)c2[nH]c(=O)ccc12. The molecule has 3 aromatic carbocycles. The van der Waals surface area contributed by atoms with Crippen molar-refractivity contribution in [2.45, 2.75) is 37.1 Å². The second-order valence-corrected chi connectivity index (χ2v) is 10.6. The van der Waals surface area contributed by atoms with Gasteiger partial charge in [0, 0.05) is 39.8 Å². The molecule has 0 fully saturated rings. The number of nitrogen functional groups attached to an aromatic ring is 1. The van der Waals surface area contributed by atoms with Gasteiger partial charge in [-0.3, -0.25) is 9.59 Å². The molecule has 0 aliphatic heterocycles. The summed E-state index contributed by atoms with van der Waals surface area (Å²) in [6.07, 6.45) is -5.79. The Hall–Kier alpha value is -4.98. The third-order valence-corrected chi connectivity index (χ3v) is 7.80. The van der Waals surface area contributed by atoms with Crippen molar-refractivity contribution in [1.82, 2.24) is 9.97 Å². The molecule has 0 unspecified atom stereocenters. The largest absolute Gasteiger partial charge is 0.493 e. The standard InChI is InChI=1S/C22H19F5N2O3.C9H7FN2O/c1-10-9-21(31,22(25,26)27)20(12-3-5-14(24)19(32-2)17(10)12)28-15-7-6-13(23)18-11(15)4-8-16(30)29-18;10-6-2-3-7(11)5-1-4-8(13)12-9(5)6/h3-8,10,20,28,31H,9H2,1-2H3,(H,29,30);1-4H,11H2,(H,12,13)/t10-,20+,21-;/m1./s1. The van der Waals surface area contributed by atoms with Crippen molar-refractivity contribution in [3.8, 4) is 5.75 Å². The molecule has 1 aliphatic carbocycles. The van der Waals surface area contributed by atoms with Crippen molar-refractivity contribution in [2.24, 2.45) is 0 Å². The molecule has 6 N–H and O–H groups in total. The zero-order valence-corrected chi connectivity index (χ0v) is 23.7. The predicted molar refractivity (Wildman–Crippen MR) is 157 cm³/mol. The quantitative estimate of drug-likeness (QED) is 0.122. The molecule has 45 heavy (non-hydrogen) atoms. The lowest BCUT2D eigenvalue weighted by atomic mass is 9.70. The van der Waals surface area contributed by atoms with E-state index >= 15 is 0 Å². The van der Waals surface area contributed by atoms with Crippen molar-refractivity contribution in [1.29, 1.82) is 0 Å². The van der Waals surface area contributed by atoms with Gasteiger partial charge in [0.2, 0.25) is 11.1 Å². The Balaban J connectivity index is 0.000000256. The molecule has 2 heterocycles. The van der Waals surface area contributed by atoms with Crippen LogP contribution in [-0.2, 0) is 0 Å². The second kappa shape index (κ2) is 11.5. The van der Waals surface area contributed by atoms with E-state index in [-0.39, 0.29) is 44.5 Å². The maximum atomic E-state index is 14.3. The number of rotatable bonds is 3. The van der Waals surface area contributed by atoms with Crippen LogP contribution in [0.25, 0.3) is 21.8 Å². The molecule has 6 rings (SSSR count). The molecule has 14 heteroatoms. The molecule has 1 aliphatic rings. The minimum Gasteiger partial charge on any atom is -0.493 e. The van der Waals surface area contributed by atoms with E-state index in [4.69, 9.17) is 10.5 Å². The number of halogens is 6. The average Bonchev–Trinajstić information content (AvgIpc) is 2.98. The maximum Gasteiger partial charge on any atom is 0.419 e. The first-order valence-electron chi connectivity index (χ1n) is 13.5. The van der Waals surface area contributed by atoms with Gasteiger partial charge in [-0.25, -0.2) is 13.2 Å². The van der Waals surface area contributed by atoms with Crippen LogP contribution in [-0.4, -0.2) is 34.0 Å². The summed E-state index contributed by atoms with van der Waals surface area (Å²) >= 11 is 0. The number of nitrogens with two attached hydrogens (primary N) is 1. The summed E-state index contributed by atoms with van der Waals surface area (Å²) < 4.78 is 89.2. The number of nitrogens with one attached hydrogen (secondary N) is 3. The number of hydrogen-bond acceptors (Lipinski definition) is 6. The lowest BCUT2D eigenvalue weighted by Gasteiger charge is -2.45. The molecule has 236 valence electrons. The van der Waals surface area contributed by atoms with Crippen molar-refractivity contribution >= 4 is 33.2 Å². The predicted octanol–water partition coefficient (Wildman–Crippen LogP) is 6.02. The minimum atomic E-state index is -5.04. The smallest absolute Gasteiger partial charge is 0.419 e. The van der Waals surface area contributed by atoms with Crippen LogP contribution in [0.5, 0.6) is 5.75 Å². The Labute approximate surface area is 250 Å². The Bertz CT molecular complexity index is 2040. The molecular weight excluding hydrogens is 606 g/mol. The van der Waals surface area contributed by atoms with Crippen molar-refractivity contribution in [2.75, 3.05) is 18.2 Å². The molecule has 0 radical (unpaired) electrons. The summed E-state index contributed by atoms with van der Waals surface area (Å²) in [5, 5.41) is 14.2. The molecule has 0 saturated carbocycles. The molecule has 8 nitrogen and oxygen atoms in total. The normalized spacial score (nSPS) is 19.5. The van der Waals surface area contributed by atoms with Gasteiger partial charge >= 0.3 is 6.18 Å². The first kappa shape index (κ1) is 31.4. The fourth-order valence-electron chi connectivity index (χ4n) is 5.71. The van der Waals surface area contributed by atoms with E-state index < -0.39 is 53.2 Å². The van der Waals surface area contributed by atoms with Crippen LogP contribution in [0, 0.1) is 17.5 Å². The summed E-state index contributed by atoms with van der Waals surface area (Å²) in [6.45, 7) is 1.45. The zero-order chi connectivity index (χ0) is 32.8. The van der Waals surface area contributed by atoms with E-state index in [1.165, 1.54) is 56.5 Å². The summed E-state index contributed by atoms with van der Waals surface area (Å²) in [5.74, 6) is -3.04. The number of pyridine rings is 2. The molecule has 2 aromatic heterocycles. The monoisotopic (exact) mass is 632 g/mol. The highest BCUT2D eigenvalue weighted by molar-refractivity contribution is 5.92. The average molecular weight is 633 g/mol. The lowest BCUT2D eigenvalue weighted by Crippen LogP contribution is -2.55. The topological polar surface area (TPSA) is 133 Å². The van der Waals surface area contributed by atoms with Gasteiger partial charge in [-0.15, -0.1) is 0 Å². The van der Waals surface area contributed by atoms with Crippen LogP contribution in [0.15, 0.2) is 70.3 Å². The Morgan fingerprint density at radius 2 is 1.42 bits per heavy atom. The number of ether oxygens (including phenoxy) is 1. The van der Waals surface area contributed by atoms with E-state index in [9.17, 15) is 41.0 Å². The minimum absolute atomic E-state index is 0.00345. The van der Waals surface area contributed by atoms with Crippen LogP contribution in [0.2, 0.25) is 0 Å². The fraction of sp³-hybridized carbons (Fsp3) is 0.226. The van der Waals surface area contributed by atoms with Crippen LogP contribution in [0.4, 0.5) is 37.7 Å². The van der Waals surface area contributed by atoms with E-state index in [2.05, 4.69) is 15.3 Å². The summed E-state index contributed by atoms with van der Waals surface area (Å²) in [5.41, 5.74) is 2.12. The summed E-state index contributed by atoms with van der Waals surface area (Å²) in [4.78, 5) is 27.2. The highest BCUT2D eigenvalue weighted by Crippen LogP contribution is 2.54. The number of anilines is 2. The molecule has 0 amide bonds. The Morgan fingerprint density at radius 3 is 2.02 bits per heavy atom. The first-order chi connectivity index (χ1) is 21.2. The number of aromatic nitrogens is 2. The zero-order valence-electron chi connectivity index (χ0n) is 23.7. The van der Waals surface area contributed by atoms with Crippen molar-refractivity contribution in [3.05, 3.63) is 110 Å². The number of aromatic amines is 2. The summed E-state index contributed by atoms with van der Waals surface area (Å²) in [6, 6.07) is 10.5. The van der Waals surface area contributed by atoms with Gasteiger partial charge in [-0.1, -0.05) is 13.0 Å². The molecule has 0 bridgehead atoms. The number of methoxy groups -OCH3 is 1. The maximum absolute atomic E-state index is 14.3. The highest BCUT2D eigenvalue weighted by Gasteiger charge is 2.62. The fourth-order valence-corrected chi connectivity index (χ4v) is 5.71. The van der Waals surface area contributed by atoms with Crippen LogP contribution in [0.3, 0.4) is 0 Å². The van der Waals surface area contributed by atoms with Gasteiger partial charge in [0.15, 0.2) is 17.2 Å². The number of H-pyrrole nitrogens is 2. The van der Waals surface area contributed by atoms with E-state index in [0.717, 1.165) is 18.2 Å². The highest BCUT2D eigenvalue weighted by atomic mass is 19.4. The van der Waals surface area contributed by atoms with E-state index in [1.807, 2.05) is 0 Å². The van der Waals surface area contributed by atoms with Crippen LogP contribution >= 0.6 is 0 Å². The van der Waals surface area contributed by atoms with Crippen LogP contribution in [0.1, 0.15) is 36.4 Å². The van der Waals surface area contributed by atoms with E-state index in [1.54, 1.807) is 0 Å². The number of fused-ring (bicyclic) bond motifs is 3. The first-order valence-corrected chi connectivity index (χ1v) is 13.5. The number of aliphatic hydroxyl groups is 1. The number of hydrogen-bond donors (Lipinski definition) is 5. The molecule has 5 aromatic rings. The van der Waals surface area contributed by atoms with Gasteiger partial charge in [-0.05, 0) is 60.4 Å². The van der Waals surface area contributed by atoms with Gasteiger partial charge in [0.1, 0.15) is 11.6 Å². The summed E-state index contributed by atoms with van der Waals surface area (Å²) in [7, 11) is 1.21. The molecule has 0 spiro atoms. The van der Waals surface area contributed by atoms with Gasteiger partial charge in [-0.2, -0.15) is 13.2 Å². The van der Waals surface area contributed by atoms with Gasteiger partial charge < -0.3 is 30.9 Å². The van der Waals surface area contributed by atoms with E-state index in [0.29, 0.717) is 11.1 Å². The third kappa shape index (κ3) is 5.57. The van der Waals surface area contributed by atoms with Gasteiger partial charge in [0.05, 0.1) is 24.2 Å². The molecular formula is C31H26F6N4O4. The lowest BCUT2D eigenvalue weighted by molar-refractivity contribution is -0.272. The number of alkyl halides is 3. The van der Waals surface area contributed by atoms with Crippen molar-refractivity contribution in [3.63, 3.8) is 0 Å². The van der Waals surface area contributed by atoms with Crippen molar-refractivity contribution < 1.29 is 36.2 Å². The Morgan fingerprint density at radius 1 is 0.867 bits per heavy atom. The molecule has 0 saturated heterocycles. The second-order valence-electron chi connectivity index (χ2n) is 10.6. The third-order valence-electron chi connectivity index (χ3n) is 7.80.